The number of hydrogen-bond donors (Lipinski definition) is 4. The lowest BCUT2D eigenvalue weighted by Crippen LogP contribution is -2.34. The Kier molecular flexibility index (Phi) is 35.3. The van der Waals surface area contributed by atoms with Crippen LogP contribution in [-0.4, -0.2) is 151 Å². The first-order chi connectivity index (χ1) is 26.0. The Morgan fingerprint density at radius 1 is 0.527 bits per heavy atom. The van der Waals surface area contributed by atoms with Gasteiger partial charge in [-0.05, 0) is 66.7 Å². The molecule has 14 nitrogen and oxygen atoms in total. The number of carbonyl (C=O) groups is 4. The molecule has 0 radical (unpaired) electrons. The summed E-state index contributed by atoms with van der Waals surface area (Å²) in [4.78, 5) is 50.2. The largest absolute Gasteiger partial charge is 0.465 e. The molecule has 0 heterocycles. The van der Waals surface area contributed by atoms with Crippen LogP contribution in [0.1, 0.15) is 92.9 Å². The minimum absolute atomic E-state index is 0.0938. The van der Waals surface area contributed by atoms with E-state index in [0.29, 0.717) is 25.9 Å². The third kappa shape index (κ3) is 29.1. The Morgan fingerprint density at radius 2 is 0.818 bits per heavy atom. The summed E-state index contributed by atoms with van der Waals surface area (Å²) in [5.41, 5.74) is -0.876. The summed E-state index contributed by atoms with van der Waals surface area (Å²) in [6.45, 7) is 24.6. The van der Waals surface area contributed by atoms with Gasteiger partial charge in [0.1, 0.15) is 26.4 Å². The van der Waals surface area contributed by atoms with E-state index in [1.807, 2.05) is 69.7 Å². The molecule has 0 bridgehead atoms. The normalized spacial score (nSPS) is 11.5. The molecule has 0 aliphatic rings. The maximum atomic E-state index is 12.0. The van der Waals surface area contributed by atoms with E-state index in [4.69, 9.17) is 29.2 Å². The number of aliphatic hydroxyl groups excluding tert-OH is 2. The van der Waals surface area contributed by atoms with Crippen molar-refractivity contribution in [1.29, 1.82) is 0 Å². The summed E-state index contributed by atoms with van der Waals surface area (Å²) in [5, 5.41) is 24.1. The Labute approximate surface area is 333 Å². The highest BCUT2D eigenvalue weighted by Gasteiger charge is 2.31. The zero-order chi connectivity index (χ0) is 42.8. The van der Waals surface area contributed by atoms with Crippen molar-refractivity contribution in [1.82, 2.24) is 20.4 Å². The van der Waals surface area contributed by atoms with Gasteiger partial charge < -0.3 is 49.6 Å². The molecule has 4 N–H and O–H groups in total. The van der Waals surface area contributed by atoms with Crippen molar-refractivity contribution in [2.45, 2.75) is 92.9 Å². The van der Waals surface area contributed by atoms with Crippen LogP contribution in [0, 0.1) is 16.2 Å². The van der Waals surface area contributed by atoms with Crippen molar-refractivity contribution in [2.75, 3.05) is 107 Å². The summed E-state index contributed by atoms with van der Waals surface area (Å²) in [6.07, 6.45) is 7.67. The number of nitrogens with zero attached hydrogens (tertiary/aromatic N) is 2. The first kappa shape index (κ1) is 56.5. The first-order valence-corrected chi connectivity index (χ1v) is 19.8. The fourth-order valence-corrected chi connectivity index (χ4v) is 4.56. The van der Waals surface area contributed by atoms with E-state index in [0.717, 1.165) is 76.9 Å². The van der Waals surface area contributed by atoms with Crippen LogP contribution in [0.4, 0.5) is 0 Å². The zero-order valence-electron chi connectivity index (χ0n) is 36.3. The van der Waals surface area contributed by atoms with Crippen LogP contribution in [0.3, 0.4) is 0 Å². The molecule has 0 aliphatic carbocycles. The molecule has 14 heteroatoms. The van der Waals surface area contributed by atoms with Gasteiger partial charge in [0.05, 0.1) is 26.1 Å². The zero-order valence-corrected chi connectivity index (χ0v) is 36.3. The van der Waals surface area contributed by atoms with E-state index < -0.39 is 11.9 Å². The molecular formula is C41H80N4O10. The molecule has 0 aromatic rings. The highest BCUT2D eigenvalue weighted by molar-refractivity contribution is 5.81. The second kappa shape index (κ2) is 34.4. The van der Waals surface area contributed by atoms with Gasteiger partial charge >= 0.3 is 23.9 Å². The standard InChI is InChI=1S/C21H44N4O4.C13H20O4.C7H16O2/c1-7-21(8-2,17-28-19(26)9-11-22-13-15-24(3)4)18-29-20(27)10-12-23-14-16-25(5)6;1-5-11(14)16-9-13(7-3,8-4)10-17-12(15)6-2;1-3-7(4-2,5-8)6-9/h22-23H,7-18H2,1-6H3;5-6H,1-2,7-10H2,3-4H3;8-9H,3-6H2,1-2H3. The average molecular weight is 789 g/mol. The second-order valence-electron chi connectivity index (χ2n) is 14.5. The Balaban J connectivity index is -0.000000869. The van der Waals surface area contributed by atoms with Crippen molar-refractivity contribution in [3.8, 4) is 0 Å². The molecule has 55 heavy (non-hydrogen) atoms. The van der Waals surface area contributed by atoms with Gasteiger partial charge in [-0.1, -0.05) is 54.7 Å². The maximum Gasteiger partial charge on any atom is 0.330 e. The predicted molar refractivity (Wildman–Crippen MR) is 220 cm³/mol. The van der Waals surface area contributed by atoms with Crippen LogP contribution < -0.4 is 10.6 Å². The van der Waals surface area contributed by atoms with Crippen molar-refractivity contribution in [2.24, 2.45) is 16.2 Å². The topological polar surface area (TPSA) is 176 Å². The highest BCUT2D eigenvalue weighted by Crippen LogP contribution is 2.28. The monoisotopic (exact) mass is 789 g/mol. The number of carbonyl (C=O) groups excluding carboxylic acids is 4. The molecule has 0 unspecified atom stereocenters. The van der Waals surface area contributed by atoms with Crippen molar-refractivity contribution in [3.05, 3.63) is 25.3 Å². The Morgan fingerprint density at radius 3 is 1.04 bits per heavy atom. The fraction of sp³-hybridized carbons (Fsp3) is 0.805. The Hall–Kier alpha value is -2.88. The Bertz CT molecular complexity index is 947. The van der Waals surface area contributed by atoms with E-state index in [2.05, 4.69) is 33.6 Å². The summed E-state index contributed by atoms with van der Waals surface area (Å²) < 4.78 is 21.0. The molecule has 0 rings (SSSR count). The second-order valence-corrected chi connectivity index (χ2v) is 14.5. The van der Waals surface area contributed by atoms with Gasteiger partial charge in [-0.2, -0.15) is 0 Å². The van der Waals surface area contributed by atoms with E-state index in [1.165, 1.54) is 0 Å². The van der Waals surface area contributed by atoms with Crippen molar-refractivity contribution < 1.29 is 48.3 Å². The fourth-order valence-electron chi connectivity index (χ4n) is 4.56. The highest BCUT2D eigenvalue weighted by atomic mass is 16.6. The van der Waals surface area contributed by atoms with E-state index in [9.17, 15) is 19.2 Å². The molecule has 0 fully saturated rings. The molecule has 0 aromatic heterocycles. The molecule has 0 saturated heterocycles. The molecule has 0 atom stereocenters. The number of esters is 4. The lowest BCUT2D eigenvalue weighted by atomic mass is 9.84. The molecule has 0 aliphatic heterocycles. The van der Waals surface area contributed by atoms with Crippen LogP contribution in [0.25, 0.3) is 0 Å². The van der Waals surface area contributed by atoms with Gasteiger partial charge in [-0.3, -0.25) is 9.59 Å². The van der Waals surface area contributed by atoms with Crippen LogP contribution in [0.5, 0.6) is 0 Å². The number of likely N-dealkylation sites (N-methyl/N-ethyl adjacent to an activating group) is 2. The average Bonchev–Trinajstić information content (AvgIpc) is 3.19. The summed E-state index contributed by atoms with van der Waals surface area (Å²) in [5.74, 6) is -1.37. The quantitative estimate of drug-likeness (QED) is 0.0356. The minimum atomic E-state index is -0.466. The van der Waals surface area contributed by atoms with Crippen LogP contribution in [0.2, 0.25) is 0 Å². The molecule has 0 saturated carbocycles. The summed E-state index contributed by atoms with van der Waals surface area (Å²) in [6, 6.07) is 0. The molecule has 324 valence electrons. The third-order valence-corrected chi connectivity index (χ3v) is 10.1. The number of ether oxygens (including phenoxy) is 4. The molecule has 0 amide bonds. The van der Waals surface area contributed by atoms with Crippen molar-refractivity contribution >= 4 is 23.9 Å². The summed E-state index contributed by atoms with van der Waals surface area (Å²) >= 11 is 0. The molecule has 0 spiro atoms. The van der Waals surface area contributed by atoms with E-state index in [-0.39, 0.29) is 67.8 Å². The lowest BCUT2D eigenvalue weighted by molar-refractivity contribution is -0.155. The smallest absolute Gasteiger partial charge is 0.330 e. The number of nitrogens with one attached hydrogen (secondary N) is 2. The van der Waals surface area contributed by atoms with Gasteiger partial charge in [0, 0.05) is 67.7 Å². The van der Waals surface area contributed by atoms with Crippen LogP contribution in [0.15, 0.2) is 25.3 Å². The van der Waals surface area contributed by atoms with E-state index in [1.54, 1.807) is 0 Å². The van der Waals surface area contributed by atoms with Gasteiger partial charge in [-0.15, -0.1) is 0 Å². The van der Waals surface area contributed by atoms with Gasteiger partial charge in [0.25, 0.3) is 0 Å². The van der Waals surface area contributed by atoms with Gasteiger partial charge in [0.2, 0.25) is 0 Å². The maximum absolute atomic E-state index is 12.0. The molecular weight excluding hydrogens is 708 g/mol. The van der Waals surface area contributed by atoms with E-state index >= 15 is 0 Å². The minimum Gasteiger partial charge on any atom is -0.465 e. The van der Waals surface area contributed by atoms with Crippen LogP contribution in [-0.2, 0) is 38.1 Å². The number of hydrogen-bond acceptors (Lipinski definition) is 14. The number of aliphatic hydroxyl groups is 2. The van der Waals surface area contributed by atoms with Crippen molar-refractivity contribution in [3.63, 3.8) is 0 Å². The van der Waals surface area contributed by atoms with Crippen LogP contribution >= 0.6 is 0 Å². The SMILES string of the molecule is C=CC(=O)OCC(CC)(CC)COC(=O)C=C.CCC(CC)(CO)CO.CCC(CC)(COC(=O)CCNCCN(C)C)COC(=O)CCNCCN(C)C. The third-order valence-electron chi connectivity index (χ3n) is 10.1. The molecule has 0 aromatic carbocycles. The predicted octanol–water partition coefficient (Wildman–Crippen LogP) is 3.99. The number of rotatable bonds is 30. The lowest BCUT2D eigenvalue weighted by Gasteiger charge is -2.30. The van der Waals surface area contributed by atoms with Gasteiger partial charge in [-0.25, -0.2) is 9.59 Å². The first-order valence-electron chi connectivity index (χ1n) is 19.8. The van der Waals surface area contributed by atoms with Gasteiger partial charge in [0.15, 0.2) is 0 Å². The summed E-state index contributed by atoms with van der Waals surface area (Å²) in [7, 11) is 8.05.